The fourth-order valence-corrected chi connectivity index (χ4v) is 2.58. The van der Waals surface area contributed by atoms with Gasteiger partial charge in [-0.1, -0.05) is 19.9 Å². The van der Waals surface area contributed by atoms with Crippen molar-refractivity contribution in [3.05, 3.63) is 35.4 Å². The summed E-state index contributed by atoms with van der Waals surface area (Å²) in [5.74, 6) is -3.45. The Kier molecular flexibility index (Phi) is 4.58. The van der Waals surface area contributed by atoms with Gasteiger partial charge in [0.1, 0.15) is 0 Å². The van der Waals surface area contributed by atoms with E-state index in [0.29, 0.717) is 12.0 Å². The number of aliphatic carboxylic acids is 1. The molecule has 0 heterocycles. The lowest BCUT2D eigenvalue weighted by atomic mass is 9.97. The molecular formula is C16H20F2N2O3. The average Bonchev–Trinajstić information content (AvgIpc) is 3.12. The van der Waals surface area contributed by atoms with Gasteiger partial charge in [0.05, 0.1) is 5.92 Å². The monoisotopic (exact) mass is 326 g/mol. The van der Waals surface area contributed by atoms with Gasteiger partial charge in [-0.25, -0.2) is 13.6 Å². The molecule has 1 aromatic rings. The van der Waals surface area contributed by atoms with Gasteiger partial charge in [0.25, 0.3) is 0 Å². The number of nitrogens with zero attached hydrogens (tertiary/aromatic N) is 1. The highest BCUT2D eigenvalue weighted by Crippen LogP contribution is 2.48. The van der Waals surface area contributed by atoms with Gasteiger partial charge in [-0.2, -0.15) is 0 Å². The van der Waals surface area contributed by atoms with E-state index < -0.39 is 28.9 Å². The number of carbonyl (C=O) groups is 2. The van der Waals surface area contributed by atoms with Crippen LogP contribution in [0.15, 0.2) is 18.2 Å². The van der Waals surface area contributed by atoms with Crippen molar-refractivity contribution in [2.24, 2.45) is 5.92 Å². The van der Waals surface area contributed by atoms with E-state index in [9.17, 15) is 18.4 Å². The van der Waals surface area contributed by atoms with Gasteiger partial charge in [0, 0.05) is 25.0 Å². The van der Waals surface area contributed by atoms with E-state index in [0.717, 1.165) is 12.1 Å². The number of amides is 2. The second-order valence-electron chi connectivity index (χ2n) is 6.37. The lowest BCUT2D eigenvalue weighted by Gasteiger charge is -2.21. The molecule has 0 bridgehead atoms. The normalized spacial score (nSPS) is 24.0. The lowest BCUT2D eigenvalue weighted by Crippen LogP contribution is -2.43. The molecule has 5 nitrogen and oxygen atoms in total. The van der Waals surface area contributed by atoms with Gasteiger partial charge in [-0.05, 0) is 24.1 Å². The minimum Gasteiger partial charge on any atom is -0.481 e. The number of nitrogens with one attached hydrogen (secondary N) is 1. The quantitative estimate of drug-likeness (QED) is 0.873. The van der Waals surface area contributed by atoms with Crippen molar-refractivity contribution in [3.8, 4) is 0 Å². The number of hydrogen-bond acceptors (Lipinski definition) is 2. The molecule has 1 aliphatic carbocycles. The number of urea groups is 1. The summed E-state index contributed by atoms with van der Waals surface area (Å²) in [6.45, 7) is 3.48. The zero-order chi connectivity index (χ0) is 17.4. The first-order valence-electron chi connectivity index (χ1n) is 7.35. The van der Waals surface area contributed by atoms with Crippen molar-refractivity contribution in [2.45, 2.75) is 31.7 Å². The highest BCUT2D eigenvalue weighted by molar-refractivity contribution is 5.76. The molecule has 1 saturated carbocycles. The van der Waals surface area contributed by atoms with E-state index in [1.54, 1.807) is 0 Å². The molecule has 2 N–H and O–H groups in total. The van der Waals surface area contributed by atoms with Crippen LogP contribution < -0.4 is 5.32 Å². The molecule has 1 fully saturated rings. The number of carboxylic acids is 1. The van der Waals surface area contributed by atoms with Gasteiger partial charge in [-0.3, -0.25) is 4.79 Å². The molecule has 3 unspecified atom stereocenters. The van der Waals surface area contributed by atoms with Gasteiger partial charge in [0.15, 0.2) is 11.6 Å². The van der Waals surface area contributed by atoms with Gasteiger partial charge in [0.2, 0.25) is 0 Å². The third-order valence-corrected chi connectivity index (χ3v) is 4.43. The Morgan fingerprint density at radius 1 is 1.43 bits per heavy atom. The fourth-order valence-electron chi connectivity index (χ4n) is 2.58. The first-order chi connectivity index (χ1) is 10.6. The minimum absolute atomic E-state index is 0.0930. The Balaban J connectivity index is 1.96. The van der Waals surface area contributed by atoms with Crippen molar-refractivity contribution in [3.63, 3.8) is 0 Å². The smallest absolute Gasteiger partial charge is 0.317 e. The largest absolute Gasteiger partial charge is 0.481 e. The van der Waals surface area contributed by atoms with E-state index in [1.165, 1.54) is 24.9 Å². The molecule has 2 amide bonds. The van der Waals surface area contributed by atoms with E-state index in [1.807, 2.05) is 6.92 Å². The van der Waals surface area contributed by atoms with Crippen LogP contribution in [-0.2, 0) is 10.2 Å². The molecule has 0 spiro atoms. The van der Waals surface area contributed by atoms with Gasteiger partial charge < -0.3 is 15.3 Å². The van der Waals surface area contributed by atoms with Gasteiger partial charge >= 0.3 is 12.0 Å². The molecule has 0 aliphatic heterocycles. The van der Waals surface area contributed by atoms with E-state index in [-0.39, 0.29) is 18.6 Å². The third kappa shape index (κ3) is 3.60. The Bertz CT molecular complexity index is 638. The number of halogens is 2. The molecule has 0 saturated heterocycles. The van der Waals surface area contributed by atoms with Gasteiger partial charge in [-0.15, -0.1) is 0 Å². The van der Waals surface area contributed by atoms with Crippen molar-refractivity contribution in [1.82, 2.24) is 10.2 Å². The Morgan fingerprint density at radius 2 is 2.09 bits per heavy atom. The van der Waals surface area contributed by atoms with Crippen LogP contribution in [0.25, 0.3) is 0 Å². The highest BCUT2D eigenvalue weighted by atomic mass is 19.2. The lowest BCUT2D eigenvalue weighted by molar-refractivity contribution is -0.141. The molecule has 0 aromatic heterocycles. The summed E-state index contributed by atoms with van der Waals surface area (Å²) in [6, 6.07) is 3.17. The highest BCUT2D eigenvalue weighted by Gasteiger charge is 2.52. The van der Waals surface area contributed by atoms with Crippen LogP contribution in [0.2, 0.25) is 0 Å². The van der Waals surface area contributed by atoms with E-state index >= 15 is 0 Å². The summed E-state index contributed by atoms with van der Waals surface area (Å²) < 4.78 is 26.4. The van der Waals surface area contributed by atoms with Crippen LogP contribution in [0.3, 0.4) is 0 Å². The Morgan fingerprint density at radius 3 is 2.65 bits per heavy atom. The third-order valence-electron chi connectivity index (χ3n) is 4.43. The molecule has 7 heteroatoms. The van der Waals surface area contributed by atoms with Crippen LogP contribution in [0.4, 0.5) is 13.6 Å². The fraction of sp³-hybridized carbons (Fsp3) is 0.500. The SMILES string of the molecule is CC(CN(C)C(=O)NC1CC1(C)c1ccc(F)c(F)c1)C(=O)O. The molecule has 126 valence electrons. The van der Waals surface area contributed by atoms with Crippen molar-refractivity contribution >= 4 is 12.0 Å². The second-order valence-corrected chi connectivity index (χ2v) is 6.37. The Hall–Kier alpha value is -2.18. The van der Waals surface area contributed by atoms with Crippen molar-refractivity contribution in [2.75, 3.05) is 13.6 Å². The molecule has 23 heavy (non-hydrogen) atoms. The first-order valence-corrected chi connectivity index (χ1v) is 7.35. The topological polar surface area (TPSA) is 69.6 Å². The molecule has 0 radical (unpaired) electrons. The van der Waals surface area contributed by atoms with Crippen LogP contribution >= 0.6 is 0 Å². The second kappa shape index (κ2) is 6.14. The van der Waals surface area contributed by atoms with E-state index in [2.05, 4.69) is 5.32 Å². The molecular weight excluding hydrogens is 306 g/mol. The average molecular weight is 326 g/mol. The number of benzene rings is 1. The summed E-state index contributed by atoms with van der Waals surface area (Å²) >= 11 is 0. The maximum absolute atomic E-state index is 13.3. The number of carbonyl (C=O) groups excluding carboxylic acids is 1. The molecule has 1 aliphatic rings. The zero-order valence-electron chi connectivity index (χ0n) is 13.3. The van der Waals surface area contributed by atoms with E-state index in [4.69, 9.17) is 5.11 Å². The summed E-state index contributed by atoms with van der Waals surface area (Å²) in [6.07, 6.45) is 0.617. The minimum atomic E-state index is -0.970. The summed E-state index contributed by atoms with van der Waals surface area (Å²) in [5.41, 5.74) is 0.187. The standard InChI is InChI=1S/C16H20F2N2O3/c1-9(14(21)22)8-20(3)15(23)19-13-7-16(13,2)10-4-5-11(17)12(18)6-10/h4-6,9,13H,7-8H2,1-3H3,(H,19,23)(H,21,22). The molecule has 2 rings (SSSR count). The van der Waals surface area contributed by atoms with Crippen molar-refractivity contribution < 1.29 is 23.5 Å². The predicted molar refractivity (Wildman–Crippen MR) is 80.1 cm³/mol. The number of hydrogen-bond donors (Lipinski definition) is 2. The Labute approximate surface area is 133 Å². The summed E-state index contributed by atoms with van der Waals surface area (Å²) in [5, 5.41) is 11.7. The molecule has 3 atom stereocenters. The van der Waals surface area contributed by atoms with Crippen LogP contribution in [0.5, 0.6) is 0 Å². The van der Waals surface area contributed by atoms with Crippen LogP contribution in [0.1, 0.15) is 25.8 Å². The number of rotatable bonds is 5. The van der Waals surface area contributed by atoms with Crippen molar-refractivity contribution in [1.29, 1.82) is 0 Å². The maximum Gasteiger partial charge on any atom is 0.317 e. The first kappa shape index (κ1) is 17.2. The predicted octanol–water partition coefficient (Wildman–Crippen LogP) is 2.36. The molecule has 1 aromatic carbocycles. The zero-order valence-corrected chi connectivity index (χ0v) is 13.3. The van der Waals surface area contributed by atoms with Crippen LogP contribution in [-0.4, -0.2) is 41.6 Å². The summed E-state index contributed by atoms with van der Waals surface area (Å²) in [7, 11) is 1.52. The maximum atomic E-state index is 13.3. The number of carboxylic acid groups (broad SMARTS) is 1. The van der Waals surface area contributed by atoms with Crippen LogP contribution in [0, 0.1) is 17.6 Å². The summed E-state index contributed by atoms with van der Waals surface area (Å²) in [4.78, 5) is 24.2.